The molecule has 0 radical (unpaired) electrons. The van der Waals surface area contributed by atoms with E-state index in [9.17, 15) is 0 Å². The third kappa shape index (κ3) is 14.7. The van der Waals surface area contributed by atoms with Crippen LogP contribution in [0.15, 0.2) is 127 Å². The molecule has 0 unspecified atom stereocenters. The summed E-state index contributed by atoms with van der Waals surface area (Å²) in [4.78, 5) is 214. The minimum absolute atomic E-state index is 0.108. The van der Waals surface area contributed by atoms with E-state index in [-0.39, 0.29) is 50.1 Å². The van der Waals surface area contributed by atoms with Crippen LogP contribution in [0.4, 0.5) is 0 Å². The van der Waals surface area contributed by atoms with Gasteiger partial charge in [-0.1, -0.05) is 0 Å². The first-order valence-electron chi connectivity index (χ1n) is 38.6. The quantitative estimate of drug-likeness (QED) is 0.0518. The average Bonchev–Trinajstić information content (AvgIpc) is 0.714. The van der Waals surface area contributed by atoms with Gasteiger partial charge in [0.1, 0.15) is 0 Å². The predicted octanol–water partition coefficient (Wildman–Crippen LogP) is 20.3. The summed E-state index contributed by atoms with van der Waals surface area (Å²) < 4.78 is -14.2. The van der Waals surface area contributed by atoms with Crippen molar-refractivity contribution in [1.29, 1.82) is 0 Å². The molecule has 0 bridgehead atoms. The van der Waals surface area contributed by atoms with Gasteiger partial charge in [-0.2, -0.15) is 0 Å². The van der Waals surface area contributed by atoms with Crippen LogP contribution in [-0.2, 0) is 0 Å². The number of hydrogen-bond acceptors (Lipinski definition) is 12. The summed E-state index contributed by atoms with van der Waals surface area (Å²) in [5.41, 5.74) is 8.57. The molecule has 0 atom stereocenters. The molecule has 114 heavy (non-hydrogen) atoms. The number of carbonyl (C=O) groups excluding carboxylic acids is 12. The third-order valence-electron chi connectivity index (χ3n) is 22.9. The van der Waals surface area contributed by atoms with Crippen LogP contribution in [0.3, 0.4) is 0 Å². The summed E-state index contributed by atoms with van der Waals surface area (Å²) in [5, 5.41) is 0. The molecule has 15 heteroatoms. The molecule has 582 valence electrons. The molecule has 0 aliphatic heterocycles. The summed E-state index contributed by atoms with van der Waals surface area (Å²) in [6.07, 6.45) is 0. The first-order valence-corrected chi connectivity index (χ1v) is 51.2. The Balaban J connectivity index is 1.54. The Morgan fingerprint density at radius 1 is 0.132 bits per heavy atom. The zero-order chi connectivity index (χ0) is 84.8. The second-order valence-corrected chi connectivity index (χ2v) is 53.8. The van der Waals surface area contributed by atoms with Gasteiger partial charge in [-0.15, -0.1) is 0 Å². The van der Waals surface area contributed by atoms with E-state index < -0.39 is 112 Å². The van der Waals surface area contributed by atoms with Gasteiger partial charge in [0.25, 0.3) is 0 Å². The van der Waals surface area contributed by atoms with Crippen LogP contribution in [0.5, 0.6) is 0 Å². The summed E-state index contributed by atoms with van der Waals surface area (Å²) in [5.74, 6) is 0. The first-order chi connectivity index (χ1) is 53.1. The molecular formula is C99H102Ge3O12. The van der Waals surface area contributed by atoms with E-state index in [1.807, 2.05) is 62.3 Å². The molecule has 10 aromatic carbocycles. The molecular weight excluding hydrogens is 1600 g/mol. The zero-order valence-electron chi connectivity index (χ0n) is 71.0. The summed E-state index contributed by atoms with van der Waals surface area (Å²) in [6, 6.07) is 33.7. The maximum absolute atomic E-state index is 18.5. The van der Waals surface area contributed by atoms with E-state index in [0.29, 0.717) is 150 Å². The Morgan fingerprint density at radius 3 is 0.289 bits per heavy atom. The van der Waals surface area contributed by atoms with E-state index in [1.165, 1.54) is 0 Å². The standard InChI is InChI=1S/C99H102Ge3O12/c1-49-28-58(10)79(59(11)29-49)91(106)100(92(107)80-60(12)30-50(2)31-61(80)13,93(108)81-62(14)32-51(3)33-63(81)15)88(103)76-46-77(89(104)101(94(109)82-64(16)34-52(4)35-65(82)17,95(110)83-66(18)36-53(5)37-67(83)19)96(111)84-68(20)38-54(6)39-69(84)21)48-78(47-76)90(105)102(97(112)85-70(22)40-55(7)41-71(85)23,98(113)86-72(24)42-56(8)43-73(86)25)99(114)87-74(26)44-57(9)45-75(87)27/h28-48H,1-27H3. The van der Waals surface area contributed by atoms with Crippen LogP contribution in [0.2, 0.25) is 0 Å². The van der Waals surface area contributed by atoms with Crippen molar-refractivity contribution in [3.05, 3.63) is 344 Å². The average molecular weight is 1700 g/mol. The number of carbonyl (C=O) groups is 12. The van der Waals surface area contributed by atoms with Crippen molar-refractivity contribution in [2.45, 2.75) is 187 Å². The maximum atomic E-state index is 18.5. The molecule has 0 heterocycles. The topological polar surface area (TPSA) is 205 Å². The van der Waals surface area contributed by atoms with Crippen LogP contribution in [0.25, 0.3) is 0 Å². The van der Waals surface area contributed by atoms with Gasteiger partial charge >= 0.3 is 684 Å². The summed E-state index contributed by atoms with van der Waals surface area (Å²) in [6.45, 7) is 45.9. The van der Waals surface area contributed by atoms with Gasteiger partial charge in [0, 0.05) is 0 Å². The van der Waals surface area contributed by atoms with Crippen molar-refractivity contribution in [2.24, 2.45) is 0 Å². The van der Waals surface area contributed by atoms with Crippen molar-refractivity contribution in [3.8, 4) is 0 Å². The Hall–Kier alpha value is -10.1. The predicted molar refractivity (Wildman–Crippen MR) is 462 cm³/mol. The van der Waals surface area contributed by atoms with Gasteiger partial charge < -0.3 is 0 Å². The second-order valence-electron chi connectivity index (χ2n) is 33.0. The van der Waals surface area contributed by atoms with Crippen molar-refractivity contribution in [3.63, 3.8) is 0 Å². The summed E-state index contributed by atoms with van der Waals surface area (Å²) >= 11 is -21.9. The number of aryl methyl sites for hydroxylation is 27. The molecule has 0 aliphatic rings. The van der Waals surface area contributed by atoms with Crippen LogP contribution in [-0.4, -0.2) is 95.2 Å². The molecule has 0 saturated carbocycles. The molecule has 0 saturated heterocycles. The fourth-order valence-electron chi connectivity index (χ4n) is 19.1. The number of hydrogen-bond donors (Lipinski definition) is 0. The van der Waals surface area contributed by atoms with Crippen molar-refractivity contribution in [2.75, 3.05) is 0 Å². The van der Waals surface area contributed by atoms with Gasteiger partial charge in [-0.05, 0) is 0 Å². The first kappa shape index (κ1) is 86.3. The molecule has 0 aromatic heterocycles. The van der Waals surface area contributed by atoms with Gasteiger partial charge in [0.2, 0.25) is 0 Å². The Labute approximate surface area is 678 Å². The Bertz CT molecular complexity index is 4730. The van der Waals surface area contributed by atoms with E-state index in [4.69, 9.17) is 0 Å². The summed E-state index contributed by atoms with van der Waals surface area (Å²) in [7, 11) is 0. The van der Waals surface area contributed by atoms with Gasteiger partial charge in [0.15, 0.2) is 0 Å². The Morgan fingerprint density at radius 2 is 0.211 bits per heavy atom. The Kier molecular flexibility index (Phi) is 24.4. The van der Waals surface area contributed by atoms with E-state index in [0.717, 1.165) is 18.2 Å². The molecule has 10 rings (SSSR count). The molecule has 0 fully saturated rings. The van der Waals surface area contributed by atoms with E-state index >= 15 is 57.5 Å². The van der Waals surface area contributed by atoms with E-state index in [2.05, 4.69) is 0 Å². The molecule has 0 spiro atoms. The van der Waals surface area contributed by atoms with Gasteiger partial charge in [-0.3, -0.25) is 0 Å². The number of benzene rings is 10. The third-order valence-corrected chi connectivity index (χ3v) is 46.6. The molecule has 10 aromatic rings. The van der Waals surface area contributed by atoms with Crippen molar-refractivity contribution < 1.29 is 57.5 Å². The van der Waals surface area contributed by atoms with Crippen LogP contribution >= 0.6 is 0 Å². The second kappa shape index (κ2) is 32.3. The molecule has 0 N–H and O–H groups in total. The van der Waals surface area contributed by atoms with Gasteiger partial charge in [-0.25, -0.2) is 0 Å². The van der Waals surface area contributed by atoms with Crippen molar-refractivity contribution >= 4 is 95.2 Å². The molecule has 0 amide bonds. The fraction of sp³-hybridized carbons (Fsp3) is 0.273. The SMILES string of the molecule is Cc1cc(C)c([C](=O)[Ge]([C](=O)c2cc([C](=O)[Ge]([C](=O)c3c(C)cc(C)cc3C)([C](=O)c3c(C)cc(C)cc3C)[C](=O)c3c(C)cc(C)cc3C)cc([C](=O)[Ge]([C](=O)c3c(C)cc(C)cc3C)([C](=O)c3c(C)cc(C)cc3C)[C](=O)c3c(C)cc(C)cc3C)c2)([C](=O)c2c(C)cc(C)cc2C)[C](=O)c2c(C)cc(C)cc2C)c(C)c1. The fourth-order valence-corrected chi connectivity index (χ4v) is 45.0. The van der Waals surface area contributed by atoms with Gasteiger partial charge in [0.05, 0.1) is 0 Å². The number of rotatable bonds is 24. The van der Waals surface area contributed by atoms with E-state index in [1.54, 1.807) is 234 Å². The molecule has 0 aliphatic carbocycles. The molecule has 12 nitrogen and oxygen atoms in total. The normalized spacial score (nSPS) is 11.7. The van der Waals surface area contributed by atoms with Crippen molar-refractivity contribution in [1.82, 2.24) is 0 Å². The zero-order valence-corrected chi connectivity index (χ0v) is 77.3. The van der Waals surface area contributed by atoms with Crippen LogP contribution < -0.4 is 0 Å². The minimum atomic E-state index is -7.29. The monoisotopic (exact) mass is 1700 g/mol. The van der Waals surface area contributed by atoms with Crippen LogP contribution in [0, 0.1) is 187 Å². The van der Waals surface area contributed by atoms with Crippen LogP contribution in [0.1, 0.15) is 275 Å².